The Morgan fingerprint density at radius 1 is 1.46 bits per heavy atom. The second kappa shape index (κ2) is 2.76. The molecule has 1 fully saturated rings. The number of hydrogen-bond donors (Lipinski definition) is 2. The van der Waals surface area contributed by atoms with Gasteiger partial charge in [0.2, 0.25) is 6.17 Å². The lowest BCUT2D eigenvalue weighted by Crippen LogP contribution is -2.56. The minimum atomic E-state index is -4.26. The predicted octanol–water partition coefficient (Wildman–Crippen LogP) is -0.303. The summed E-state index contributed by atoms with van der Waals surface area (Å²) in [4.78, 5) is 1.25. The van der Waals surface area contributed by atoms with Crippen LogP contribution in [0.2, 0.25) is 0 Å². The lowest BCUT2D eigenvalue weighted by Gasteiger charge is -2.31. The maximum Gasteiger partial charge on any atom is 0.428 e. The third kappa shape index (κ3) is 1.43. The zero-order valence-corrected chi connectivity index (χ0v) is 6.73. The van der Waals surface area contributed by atoms with Crippen LogP contribution in [-0.2, 0) is 0 Å². The first-order valence-electron chi connectivity index (χ1n) is 3.95. The van der Waals surface area contributed by atoms with Gasteiger partial charge in [0.15, 0.2) is 0 Å². The molecule has 0 amide bonds. The maximum absolute atomic E-state index is 12.3. The van der Waals surface area contributed by atoms with Crippen LogP contribution in [0.3, 0.4) is 0 Å². The molecule has 2 aliphatic rings. The number of halogens is 3. The summed E-state index contributed by atoms with van der Waals surface area (Å²) in [7, 11) is 0. The third-order valence-corrected chi connectivity index (χ3v) is 2.08. The summed E-state index contributed by atoms with van der Waals surface area (Å²) in [5.41, 5.74) is 2.09. The highest BCUT2D eigenvalue weighted by atomic mass is 19.4. The van der Waals surface area contributed by atoms with Crippen molar-refractivity contribution in [1.82, 2.24) is 15.6 Å². The van der Waals surface area contributed by atoms with E-state index in [2.05, 4.69) is 15.8 Å². The van der Waals surface area contributed by atoms with E-state index < -0.39 is 12.3 Å². The summed E-state index contributed by atoms with van der Waals surface area (Å²) in [6.45, 7) is 1.31. The first-order chi connectivity index (χ1) is 6.09. The fourth-order valence-corrected chi connectivity index (χ4v) is 1.47. The number of hydrogen-bond acceptors (Lipinski definition) is 4. The number of fused-ring (bicyclic) bond motifs is 1. The van der Waals surface area contributed by atoms with Gasteiger partial charge in [-0.2, -0.15) is 18.3 Å². The van der Waals surface area contributed by atoms with Crippen molar-refractivity contribution < 1.29 is 13.2 Å². The Hall–Kier alpha value is -0.980. The van der Waals surface area contributed by atoms with Gasteiger partial charge in [0.05, 0.1) is 6.54 Å². The molecule has 0 aromatic rings. The van der Waals surface area contributed by atoms with Crippen molar-refractivity contribution in [1.29, 1.82) is 0 Å². The summed E-state index contributed by atoms with van der Waals surface area (Å²) in [5.74, 6) is 0.438. The number of piperazine rings is 1. The van der Waals surface area contributed by atoms with Crippen LogP contribution in [0.25, 0.3) is 0 Å². The number of amidine groups is 1. The Bertz CT molecular complexity index is 237. The first kappa shape index (κ1) is 8.61. The van der Waals surface area contributed by atoms with Crippen LogP contribution >= 0.6 is 0 Å². The standard InChI is InChI=1S/C6H9F3N4/c7-6(8,9)5-12-11-4-3-10-1-2-13(4)5/h5,10,12H,1-3H2. The molecule has 0 aromatic heterocycles. The number of nitrogens with zero attached hydrogens (tertiary/aromatic N) is 2. The zero-order valence-electron chi connectivity index (χ0n) is 6.73. The molecule has 7 heteroatoms. The van der Waals surface area contributed by atoms with Crippen molar-refractivity contribution in [2.75, 3.05) is 19.6 Å². The Kier molecular flexibility index (Phi) is 1.83. The van der Waals surface area contributed by atoms with Gasteiger partial charge >= 0.3 is 6.18 Å². The van der Waals surface area contributed by atoms with Gasteiger partial charge in [-0.05, 0) is 0 Å². The van der Waals surface area contributed by atoms with Gasteiger partial charge in [-0.25, -0.2) is 0 Å². The molecule has 2 aliphatic heterocycles. The second-order valence-electron chi connectivity index (χ2n) is 2.97. The average molecular weight is 194 g/mol. The normalized spacial score (nSPS) is 28.1. The van der Waals surface area contributed by atoms with Crippen molar-refractivity contribution in [2.24, 2.45) is 5.10 Å². The van der Waals surface area contributed by atoms with Crippen LogP contribution in [0.15, 0.2) is 5.10 Å². The molecule has 2 rings (SSSR count). The highest BCUT2D eigenvalue weighted by molar-refractivity contribution is 5.86. The lowest BCUT2D eigenvalue weighted by molar-refractivity contribution is -0.178. The van der Waals surface area contributed by atoms with Crippen molar-refractivity contribution in [3.8, 4) is 0 Å². The molecular weight excluding hydrogens is 185 g/mol. The number of alkyl halides is 3. The minimum Gasteiger partial charge on any atom is -0.327 e. The quantitative estimate of drug-likeness (QED) is 0.556. The minimum absolute atomic E-state index is 0.343. The van der Waals surface area contributed by atoms with Crippen molar-refractivity contribution in [3.63, 3.8) is 0 Å². The highest BCUT2D eigenvalue weighted by Gasteiger charge is 2.48. The fraction of sp³-hybridized carbons (Fsp3) is 0.833. The summed E-state index contributed by atoms with van der Waals surface area (Å²) < 4.78 is 37.0. The molecule has 0 saturated carbocycles. The first-order valence-corrected chi connectivity index (χ1v) is 3.95. The zero-order chi connectivity index (χ0) is 9.47. The molecular formula is C6H9F3N4. The van der Waals surface area contributed by atoms with Gasteiger partial charge < -0.3 is 10.2 Å². The Morgan fingerprint density at radius 2 is 2.23 bits per heavy atom. The van der Waals surface area contributed by atoms with Crippen LogP contribution < -0.4 is 10.7 Å². The smallest absolute Gasteiger partial charge is 0.327 e. The van der Waals surface area contributed by atoms with E-state index in [9.17, 15) is 13.2 Å². The Labute approximate surface area is 72.8 Å². The van der Waals surface area contributed by atoms with E-state index in [0.717, 1.165) is 0 Å². The largest absolute Gasteiger partial charge is 0.428 e. The van der Waals surface area contributed by atoms with Gasteiger partial charge in [0, 0.05) is 13.1 Å². The number of nitrogens with one attached hydrogen (secondary N) is 2. The molecule has 0 spiro atoms. The van der Waals surface area contributed by atoms with E-state index in [0.29, 0.717) is 25.5 Å². The number of hydrazone groups is 1. The van der Waals surface area contributed by atoms with Gasteiger partial charge in [-0.15, -0.1) is 0 Å². The van der Waals surface area contributed by atoms with E-state index in [-0.39, 0.29) is 0 Å². The molecule has 4 nitrogen and oxygen atoms in total. The van der Waals surface area contributed by atoms with Gasteiger partial charge in [-0.1, -0.05) is 0 Å². The number of rotatable bonds is 0. The fourth-order valence-electron chi connectivity index (χ4n) is 1.47. The molecule has 0 aliphatic carbocycles. The Morgan fingerprint density at radius 3 is 2.92 bits per heavy atom. The van der Waals surface area contributed by atoms with Crippen LogP contribution in [0.4, 0.5) is 13.2 Å². The summed E-state index contributed by atoms with van der Waals surface area (Å²) >= 11 is 0. The third-order valence-electron chi connectivity index (χ3n) is 2.08. The van der Waals surface area contributed by atoms with Gasteiger partial charge in [0.25, 0.3) is 0 Å². The van der Waals surface area contributed by atoms with Crippen LogP contribution in [0, 0.1) is 0 Å². The van der Waals surface area contributed by atoms with Gasteiger partial charge in [-0.3, -0.25) is 5.43 Å². The topological polar surface area (TPSA) is 39.7 Å². The molecule has 2 heterocycles. The van der Waals surface area contributed by atoms with Crippen molar-refractivity contribution >= 4 is 5.84 Å². The van der Waals surface area contributed by atoms with Gasteiger partial charge in [0.1, 0.15) is 5.84 Å². The maximum atomic E-state index is 12.3. The van der Waals surface area contributed by atoms with E-state index >= 15 is 0 Å². The highest BCUT2D eigenvalue weighted by Crippen LogP contribution is 2.26. The van der Waals surface area contributed by atoms with E-state index in [4.69, 9.17) is 0 Å². The molecule has 13 heavy (non-hydrogen) atoms. The predicted molar refractivity (Wildman–Crippen MR) is 40.0 cm³/mol. The Balaban J connectivity index is 2.11. The van der Waals surface area contributed by atoms with E-state index in [1.165, 1.54) is 4.90 Å². The molecule has 74 valence electrons. The summed E-state index contributed by atoms with van der Waals surface area (Å²) in [6.07, 6.45) is -5.90. The van der Waals surface area contributed by atoms with Crippen molar-refractivity contribution in [2.45, 2.75) is 12.3 Å². The molecule has 0 aromatic carbocycles. The molecule has 1 unspecified atom stereocenters. The summed E-state index contributed by atoms with van der Waals surface area (Å²) in [6, 6.07) is 0. The monoisotopic (exact) mass is 194 g/mol. The average Bonchev–Trinajstić information content (AvgIpc) is 2.45. The lowest BCUT2D eigenvalue weighted by atomic mass is 10.3. The molecule has 2 N–H and O–H groups in total. The molecule has 1 saturated heterocycles. The van der Waals surface area contributed by atoms with E-state index in [1.54, 1.807) is 0 Å². The molecule has 0 radical (unpaired) electrons. The van der Waals surface area contributed by atoms with Crippen LogP contribution in [-0.4, -0.2) is 42.7 Å². The second-order valence-corrected chi connectivity index (χ2v) is 2.97. The van der Waals surface area contributed by atoms with Crippen LogP contribution in [0.5, 0.6) is 0 Å². The van der Waals surface area contributed by atoms with Crippen molar-refractivity contribution in [3.05, 3.63) is 0 Å². The summed E-state index contributed by atoms with van der Waals surface area (Å²) in [5, 5.41) is 6.56. The van der Waals surface area contributed by atoms with E-state index in [1.807, 2.05) is 0 Å². The SMILES string of the molecule is FC(F)(F)C1NN=C2CNCCN21. The molecule has 0 bridgehead atoms. The van der Waals surface area contributed by atoms with Crippen LogP contribution in [0.1, 0.15) is 0 Å². The molecule has 1 atom stereocenters.